The number of hydrogen-bond acceptors (Lipinski definition) is 6. The van der Waals surface area contributed by atoms with Crippen molar-refractivity contribution in [2.75, 3.05) is 32.7 Å². The van der Waals surface area contributed by atoms with Crippen molar-refractivity contribution in [3.05, 3.63) is 35.4 Å². The molecule has 0 unspecified atom stereocenters. The molecular formula is C17H20N2O5S. The Balaban J connectivity index is 2.20. The predicted octanol–water partition coefficient (Wildman–Crippen LogP) is 1.04. The number of imide groups is 1. The molecule has 0 saturated carbocycles. The fraction of sp³-hybridized carbons (Fsp3) is 0.412. The van der Waals surface area contributed by atoms with Gasteiger partial charge in [-0.2, -0.15) is 11.8 Å². The molecule has 1 aliphatic rings. The van der Waals surface area contributed by atoms with E-state index in [2.05, 4.69) is 0 Å². The summed E-state index contributed by atoms with van der Waals surface area (Å²) >= 11 is 1.49. The molecule has 0 aliphatic carbocycles. The molecule has 1 atom stereocenters. The molecule has 1 aliphatic heterocycles. The van der Waals surface area contributed by atoms with Gasteiger partial charge in [0.2, 0.25) is 0 Å². The Labute approximate surface area is 150 Å². The number of ether oxygens (including phenoxy) is 1. The first-order valence-electron chi connectivity index (χ1n) is 7.71. The molecule has 7 nitrogen and oxygen atoms in total. The molecule has 0 saturated heterocycles. The SMILES string of the molecule is CSCC[C@@H](C(=O)OCC(=O)N(C)C)N1C(=O)c2ccccc2C1=O. The van der Waals surface area contributed by atoms with Gasteiger partial charge in [-0.15, -0.1) is 0 Å². The lowest BCUT2D eigenvalue weighted by Gasteiger charge is -2.24. The molecule has 3 amide bonds. The molecule has 1 aromatic rings. The molecule has 0 fully saturated rings. The van der Waals surface area contributed by atoms with Crippen molar-refractivity contribution in [3.63, 3.8) is 0 Å². The highest BCUT2D eigenvalue weighted by Gasteiger charge is 2.43. The topological polar surface area (TPSA) is 84.0 Å². The average molecular weight is 364 g/mol. The van der Waals surface area contributed by atoms with Gasteiger partial charge in [-0.3, -0.25) is 19.3 Å². The molecule has 0 N–H and O–H groups in total. The number of rotatable bonds is 7. The molecule has 134 valence electrons. The fourth-order valence-corrected chi connectivity index (χ4v) is 2.89. The maximum atomic E-state index is 12.6. The van der Waals surface area contributed by atoms with Crippen LogP contribution in [0.4, 0.5) is 0 Å². The standard InChI is InChI=1S/C17H20N2O5S/c1-18(2)14(20)10-24-17(23)13(8-9-25-3)19-15(21)11-6-4-5-7-12(11)16(19)22/h4-7,13H,8-10H2,1-3H3/t13-/m0/s1. The highest BCUT2D eigenvalue weighted by molar-refractivity contribution is 7.98. The van der Waals surface area contributed by atoms with Gasteiger partial charge < -0.3 is 9.64 Å². The lowest BCUT2D eigenvalue weighted by atomic mass is 10.1. The summed E-state index contributed by atoms with van der Waals surface area (Å²) in [6.45, 7) is -0.426. The quantitative estimate of drug-likeness (QED) is 0.531. The lowest BCUT2D eigenvalue weighted by molar-refractivity contribution is -0.154. The number of carbonyl (C=O) groups excluding carboxylic acids is 4. The van der Waals surface area contributed by atoms with Crippen LogP contribution in [0.2, 0.25) is 0 Å². The molecule has 2 rings (SSSR count). The van der Waals surface area contributed by atoms with E-state index < -0.39 is 30.4 Å². The Bertz CT molecular complexity index is 669. The van der Waals surface area contributed by atoms with Crippen molar-refractivity contribution < 1.29 is 23.9 Å². The van der Waals surface area contributed by atoms with E-state index in [0.717, 1.165) is 4.90 Å². The van der Waals surface area contributed by atoms with Gasteiger partial charge in [0, 0.05) is 14.1 Å². The number of thioether (sulfide) groups is 1. The monoisotopic (exact) mass is 364 g/mol. The van der Waals surface area contributed by atoms with E-state index in [0.29, 0.717) is 5.75 Å². The number of fused-ring (bicyclic) bond motifs is 1. The zero-order chi connectivity index (χ0) is 18.6. The van der Waals surface area contributed by atoms with E-state index in [9.17, 15) is 19.2 Å². The highest BCUT2D eigenvalue weighted by atomic mass is 32.2. The number of hydrogen-bond donors (Lipinski definition) is 0. The normalized spacial score (nSPS) is 14.3. The molecule has 1 aromatic carbocycles. The lowest BCUT2D eigenvalue weighted by Crippen LogP contribution is -2.46. The Hall–Kier alpha value is -2.35. The summed E-state index contributed by atoms with van der Waals surface area (Å²) in [7, 11) is 3.09. The van der Waals surface area contributed by atoms with E-state index in [1.54, 1.807) is 38.4 Å². The van der Waals surface area contributed by atoms with Gasteiger partial charge in [-0.1, -0.05) is 12.1 Å². The zero-order valence-corrected chi connectivity index (χ0v) is 15.2. The minimum Gasteiger partial charge on any atom is -0.454 e. The summed E-state index contributed by atoms with van der Waals surface area (Å²) in [6.07, 6.45) is 2.13. The van der Waals surface area contributed by atoms with Gasteiger partial charge in [-0.05, 0) is 30.6 Å². The number of esters is 1. The molecular weight excluding hydrogens is 344 g/mol. The summed E-state index contributed by atoms with van der Waals surface area (Å²) in [5.74, 6) is -1.59. The maximum Gasteiger partial charge on any atom is 0.329 e. The Morgan fingerprint density at radius 3 is 2.20 bits per heavy atom. The van der Waals surface area contributed by atoms with Gasteiger partial charge in [0.05, 0.1) is 11.1 Å². The van der Waals surface area contributed by atoms with Crippen LogP contribution in [0.1, 0.15) is 27.1 Å². The molecule has 0 bridgehead atoms. The van der Waals surface area contributed by atoms with E-state index >= 15 is 0 Å². The molecule has 25 heavy (non-hydrogen) atoms. The van der Waals surface area contributed by atoms with Gasteiger partial charge >= 0.3 is 5.97 Å². The third-order valence-electron chi connectivity index (χ3n) is 3.84. The number of likely N-dealkylation sites (N-methyl/N-ethyl adjacent to an activating group) is 1. The van der Waals surface area contributed by atoms with Crippen LogP contribution in [0.5, 0.6) is 0 Å². The van der Waals surface area contributed by atoms with Crippen LogP contribution >= 0.6 is 11.8 Å². The third-order valence-corrected chi connectivity index (χ3v) is 4.49. The van der Waals surface area contributed by atoms with E-state index in [1.807, 2.05) is 6.26 Å². The Kier molecular flexibility index (Phi) is 6.19. The van der Waals surface area contributed by atoms with Crippen molar-refractivity contribution in [1.82, 2.24) is 9.80 Å². The van der Waals surface area contributed by atoms with E-state index in [-0.39, 0.29) is 23.5 Å². The van der Waals surface area contributed by atoms with Crippen molar-refractivity contribution in [2.24, 2.45) is 0 Å². The Morgan fingerprint density at radius 2 is 1.72 bits per heavy atom. The fourth-order valence-electron chi connectivity index (χ4n) is 2.43. The molecule has 1 heterocycles. The first kappa shape index (κ1) is 19.0. The van der Waals surface area contributed by atoms with Crippen molar-refractivity contribution >= 4 is 35.5 Å². The minimum absolute atomic E-state index is 0.265. The summed E-state index contributed by atoms with van der Waals surface area (Å²) in [4.78, 5) is 51.5. The van der Waals surface area contributed by atoms with Crippen LogP contribution in [0.25, 0.3) is 0 Å². The number of benzene rings is 1. The number of nitrogens with zero attached hydrogens (tertiary/aromatic N) is 2. The predicted molar refractivity (Wildman–Crippen MR) is 93.4 cm³/mol. The number of carbonyl (C=O) groups is 4. The molecule has 0 radical (unpaired) electrons. The first-order chi connectivity index (χ1) is 11.9. The van der Waals surface area contributed by atoms with E-state index in [4.69, 9.17) is 4.74 Å². The summed E-state index contributed by atoms with van der Waals surface area (Å²) < 4.78 is 5.05. The second-order valence-corrected chi connectivity index (χ2v) is 6.70. The second-order valence-electron chi connectivity index (χ2n) is 5.72. The highest BCUT2D eigenvalue weighted by Crippen LogP contribution is 2.26. The maximum absolute atomic E-state index is 12.6. The van der Waals surface area contributed by atoms with E-state index in [1.165, 1.54) is 16.7 Å². The van der Waals surface area contributed by atoms with Crippen LogP contribution < -0.4 is 0 Å². The molecule has 0 spiro atoms. The van der Waals surface area contributed by atoms with Gasteiger partial charge in [0.1, 0.15) is 6.04 Å². The summed E-state index contributed by atoms with van der Waals surface area (Å²) in [5.41, 5.74) is 0.553. The minimum atomic E-state index is -1.05. The van der Waals surface area contributed by atoms with Crippen LogP contribution in [0, 0.1) is 0 Å². The summed E-state index contributed by atoms with van der Waals surface area (Å²) in [6, 6.07) is 5.40. The largest absolute Gasteiger partial charge is 0.454 e. The second kappa shape index (κ2) is 8.15. The van der Waals surface area contributed by atoms with Gasteiger partial charge in [0.25, 0.3) is 17.7 Å². The first-order valence-corrected chi connectivity index (χ1v) is 9.10. The third kappa shape index (κ3) is 4.01. The van der Waals surface area contributed by atoms with Gasteiger partial charge in [0.15, 0.2) is 6.61 Å². The molecule has 0 aromatic heterocycles. The van der Waals surface area contributed by atoms with Crippen molar-refractivity contribution in [3.8, 4) is 0 Å². The van der Waals surface area contributed by atoms with Crippen LogP contribution in [-0.2, 0) is 14.3 Å². The Morgan fingerprint density at radius 1 is 1.16 bits per heavy atom. The number of amides is 3. The van der Waals surface area contributed by atoms with Crippen molar-refractivity contribution in [1.29, 1.82) is 0 Å². The van der Waals surface area contributed by atoms with Crippen LogP contribution in [0.3, 0.4) is 0 Å². The summed E-state index contributed by atoms with van der Waals surface area (Å²) in [5, 5.41) is 0. The van der Waals surface area contributed by atoms with Crippen LogP contribution in [0.15, 0.2) is 24.3 Å². The smallest absolute Gasteiger partial charge is 0.329 e. The van der Waals surface area contributed by atoms with Crippen molar-refractivity contribution in [2.45, 2.75) is 12.5 Å². The molecule has 8 heteroatoms. The van der Waals surface area contributed by atoms with Crippen LogP contribution in [-0.4, -0.2) is 72.2 Å². The zero-order valence-electron chi connectivity index (χ0n) is 14.4. The van der Waals surface area contributed by atoms with Gasteiger partial charge in [-0.25, -0.2) is 4.79 Å². The average Bonchev–Trinajstić information content (AvgIpc) is 2.85.